The predicted molar refractivity (Wildman–Crippen MR) is 121 cm³/mol. The molecular weight excluding hydrogens is 432 g/mol. The Hall–Kier alpha value is -3.40. The molecule has 1 fully saturated rings. The average molecular weight is 457 g/mol. The second-order valence-corrected chi connectivity index (χ2v) is 9.80. The lowest BCUT2D eigenvalue weighted by Crippen LogP contribution is -2.41. The van der Waals surface area contributed by atoms with Gasteiger partial charge >= 0.3 is 0 Å². The lowest BCUT2D eigenvalue weighted by Gasteiger charge is -2.28. The number of rotatable bonds is 5. The van der Waals surface area contributed by atoms with Crippen LogP contribution in [0, 0.1) is 0 Å². The van der Waals surface area contributed by atoms with Crippen LogP contribution in [0.1, 0.15) is 36.0 Å². The summed E-state index contributed by atoms with van der Waals surface area (Å²) in [5.74, 6) is -0.912. The van der Waals surface area contributed by atoms with Crippen molar-refractivity contribution >= 4 is 44.8 Å². The molecule has 1 saturated heterocycles. The molecule has 0 aromatic heterocycles. The molecule has 2 aromatic carbocycles. The molecule has 1 unspecified atom stereocenters. The van der Waals surface area contributed by atoms with E-state index in [9.17, 15) is 22.8 Å². The summed E-state index contributed by atoms with van der Waals surface area (Å²) in [7, 11) is -3.29. The molecule has 2 aromatic rings. The molecule has 0 saturated carbocycles. The topological polar surface area (TPSA) is 125 Å². The number of hydrogen-bond donors (Lipinski definition) is 3. The molecule has 1 atom stereocenters. The lowest BCUT2D eigenvalue weighted by atomic mass is 10.1. The number of fused-ring (bicyclic) bond motifs is 1. The van der Waals surface area contributed by atoms with Crippen LogP contribution in [0.4, 0.5) is 17.1 Å². The van der Waals surface area contributed by atoms with Gasteiger partial charge in [0, 0.05) is 18.7 Å². The number of sulfonamides is 1. The molecule has 0 bridgehead atoms. The second kappa shape index (κ2) is 8.99. The zero-order valence-corrected chi connectivity index (χ0v) is 18.2. The molecule has 4 rings (SSSR count). The number of carbonyl (C=O) groups excluding carboxylic acids is 3. The van der Waals surface area contributed by atoms with Crippen molar-refractivity contribution in [2.45, 2.75) is 31.7 Å². The standard InChI is InChI=1S/C22H24N4O5S/c27-20(12-11-19-22(29)24-18-6-2-1-5-17(18)21(28)25-19)23-15-7-9-16(10-8-15)26-13-3-4-14-32(26,30)31/h1-2,5-10,19H,3-4,11-14H2,(H,23,27)(H,24,29)(H,25,28). The minimum atomic E-state index is -3.29. The molecule has 2 aliphatic heterocycles. The van der Waals surface area contributed by atoms with Gasteiger partial charge in [0.2, 0.25) is 21.8 Å². The summed E-state index contributed by atoms with van der Waals surface area (Å²) in [6, 6.07) is 12.5. The maximum atomic E-state index is 12.4. The number of amides is 3. The van der Waals surface area contributed by atoms with Crippen LogP contribution in [-0.4, -0.2) is 44.5 Å². The van der Waals surface area contributed by atoms with Crippen LogP contribution in [0.25, 0.3) is 0 Å². The number of carbonyl (C=O) groups is 3. The molecule has 3 amide bonds. The van der Waals surface area contributed by atoms with Gasteiger partial charge in [-0.1, -0.05) is 12.1 Å². The third kappa shape index (κ3) is 4.75. The summed E-state index contributed by atoms with van der Waals surface area (Å²) in [5.41, 5.74) is 1.91. The Kier molecular flexibility index (Phi) is 6.13. The van der Waals surface area contributed by atoms with Gasteiger partial charge in [-0.3, -0.25) is 18.7 Å². The van der Waals surface area contributed by atoms with Crippen LogP contribution in [-0.2, 0) is 19.6 Å². The molecule has 3 N–H and O–H groups in total. The van der Waals surface area contributed by atoms with Crippen LogP contribution in [0.5, 0.6) is 0 Å². The minimum absolute atomic E-state index is 0.0248. The Morgan fingerprint density at radius 3 is 2.56 bits per heavy atom. The summed E-state index contributed by atoms with van der Waals surface area (Å²) >= 11 is 0. The number of nitrogens with zero attached hydrogens (tertiary/aromatic N) is 1. The molecule has 2 heterocycles. The van der Waals surface area contributed by atoms with Crippen LogP contribution < -0.4 is 20.3 Å². The van der Waals surface area contributed by atoms with Crippen molar-refractivity contribution in [1.82, 2.24) is 5.32 Å². The highest BCUT2D eigenvalue weighted by Crippen LogP contribution is 2.25. The van der Waals surface area contributed by atoms with Gasteiger partial charge in [-0.2, -0.15) is 0 Å². The van der Waals surface area contributed by atoms with Crippen LogP contribution in [0.15, 0.2) is 48.5 Å². The third-order valence-electron chi connectivity index (χ3n) is 5.50. The normalized spacial score (nSPS) is 19.9. The van der Waals surface area contributed by atoms with E-state index >= 15 is 0 Å². The van der Waals surface area contributed by atoms with Gasteiger partial charge < -0.3 is 16.0 Å². The summed E-state index contributed by atoms with van der Waals surface area (Å²) in [6.07, 6.45) is 1.64. The highest BCUT2D eigenvalue weighted by molar-refractivity contribution is 7.92. The van der Waals surface area contributed by atoms with E-state index in [0.29, 0.717) is 35.6 Å². The second-order valence-electron chi connectivity index (χ2n) is 7.79. The largest absolute Gasteiger partial charge is 0.340 e. The highest BCUT2D eigenvalue weighted by atomic mass is 32.2. The van der Waals surface area contributed by atoms with Crippen molar-refractivity contribution in [3.05, 3.63) is 54.1 Å². The first-order valence-corrected chi connectivity index (χ1v) is 12.1. The van der Waals surface area contributed by atoms with E-state index in [1.54, 1.807) is 48.5 Å². The lowest BCUT2D eigenvalue weighted by molar-refractivity contribution is -0.118. The van der Waals surface area contributed by atoms with E-state index in [0.717, 1.165) is 6.42 Å². The molecule has 9 nitrogen and oxygen atoms in total. The maximum Gasteiger partial charge on any atom is 0.254 e. The summed E-state index contributed by atoms with van der Waals surface area (Å²) in [5, 5.41) is 8.11. The fourth-order valence-electron chi connectivity index (χ4n) is 3.80. The molecule has 168 valence electrons. The van der Waals surface area contributed by atoms with Crippen LogP contribution in [0.3, 0.4) is 0 Å². The van der Waals surface area contributed by atoms with Crippen molar-refractivity contribution in [3.8, 4) is 0 Å². The predicted octanol–water partition coefficient (Wildman–Crippen LogP) is 2.09. The Bertz CT molecular complexity index is 1150. The van der Waals surface area contributed by atoms with Crippen LogP contribution in [0.2, 0.25) is 0 Å². The summed E-state index contributed by atoms with van der Waals surface area (Å²) < 4.78 is 25.8. The van der Waals surface area contributed by atoms with E-state index in [-0.39, 0.29) is 36.3 Å². The maximum absolute atomic E-state index is 12.4. The van der Waals surface area contributed by atoms with Crippen molar-refractivity contribution < 1.29 is 22.8 Å². The van der Waals surface area contributed by atoms with E-state index in [1.165, 1.54) is 4.31 Å². The Morgan fingerprint density at radius 1 is 1.06 bits per heavy atom. The Balaban J connectivity index is 1.33. The first-order chi connectivity index (χ1) is 15.3. The summed E-state index contributed by atoms with van der Waals surface area (Å²) in [4.78, 5) is 37.2. The number of para-hydroxylation sites is 1. The van der Waals surface area contributed by atoms with Gasteiger partial charge in [0.1, 0.15) is 6.04 Å². The van der Waals surface area contributed by atoms with E-state index < -0.39 is 16.1 Å². The quantitative estimate of drug-likeness (QED) is 0.635. The molecule has 10 heteroatoms. The zero-order valence-electron chi connectivity index (χ0n) is 17.3. The number of benzene rings is 2. The van der Waals surface area contributed by atoms with Gasteiger partial charge in [0.05, 0.1) is 22.7 Å². The van der Waals surface area contributed by atoms with Gasteiger partial charge in [0.15, 0.2) is 0 Å². The molecular formula is C22H24N4O5S. The molecule has 0 spiro atoms. The van der Waals surface area contributed by atoms with Gasteiger partial charge in [0.25, 0.3) is 5.91 Å². The van der Waals surface area contributed by atoms with Gasteiger partial charge in [-0.15, -0.1) is 0 Å². The molecule has 2 aliphatic rings. The van der Waals surface area contributed by atoms with Crippen molar-refractivity contribution in [2.24, 2.45) is 0 Å². The monoisotopic (exact) mass is 456 g/mol. The van der Waals surface area contributed by atoms with Crippen molar-refractivity contribution in [3.63, 3.8) is 0 Å². The van der Waals surface area contributed by atoms with E-state index in [1.807, 2.05) is 0 Å². The third-order valence-corrected chi connectivity index (χ3v) is 7.37. The summed E-state index contributed by atoms with van der Waals surface area (Å²) in [6.45, 7) is 0.451. The molecule has 0 aliphatic carbocycles. The number of nitrogens with one attached hydrogen (secondary N) is 3. The van der Waals surface area contributed by atoms with Gasteiger partial charge in [-0.05, 0) is 55.7 Å². The number of anilines is 3. The van der Waals surface area contributed by atoms with Crippen LogP contribution >= 0.6 is 0 Å². The SMILES string of the molecule is O=C(CCC1NC(=O)c2ccccc2NC1=O)Nc1ccc(N2CCCCS2(=O)=O)cc1. The van der Waals surface area contributed by atoms with Crippen molar-refractivity contribution in [2.75, 3.05) is 27.2 Å². The fourth-order valence-corrected chi connectivity index (χ4v) is 5.44. The fraction of sp³-hybridized carbons (Fsp3) is 0.318. The molecule has 32 heavy (non-hydrogen) atoms. The smallest absolute Gasteiger partial charge is 0.254 e. The van der Waals surface area contributed by atoms with Crippen molar-refractivity contribution in [1.29, 1.82) is 0 Å². The zero-order chi connectivity index (χ0) is 22.7. The van der Waals surface area contributed by atoms with E-state index in [2.05, 4.69) is 16.0 Å². The minimum Gasteiger partial charge on any atom is -0.340 e. The molecule has 0 radical (unpaired) electrons. The average Bonchev–Trinajstić information content (AvgIpc) is 2.88. The first kappa shape index (κ1) is 21.8. The Morgan fingerprint density at radius 2 is 1.81 bits per heavy atom. The highest BCUT2D eigenvalue weighted by Gasteiger charge is 2.28. The van der Waals surface area contributed by atoms with E-state index in [4.69, 9.17) is 0 Å². The number of hydrogen-bond acceptors (Lipinski definition) is 5. The van der Waals surface area contributed by atoms with Gasteiger partial charge in [-0.25, -0.2) is 8.42 Å². The Labute approximate surface area is 186 Å². The first-order valence-electron chi connectivity index (χ1n) is 10.4.